The monoisotopic (exact) mass is 519 g/mol. The van der Waals surface area contributed by atoms with Gasteiger partial charge in [0.25, 0.3) is 5.56 Å². The highest BCUT2D eigenvalue weighted by Gasteiger charge is 2.26. The molecule has 4 aromatic rings. The predicted octanol–water partition coefficient (Wildman–Crippen LogP) is 0.960. The zero-order valence-electron chi connectivity index (χ0n) is 20.0. The molecule has 2 N–H and O–H groups in total. The highest BCUT2D eigenvalue weighted by molar-refractivity contribution is 6.02. The second-order valence-electron chi connectivity index (χ2n) is 8.05. The van der Waals surface area contributed by atoms with Crippen LogP contribution in [0.1, 0.15) is 26.5 Å². The van der Waals surface area contributed by atoms with Gasteiger partial charge in [-0.3, -0.25) is 23.7 Å². The minimum absolute atomic E-state index is 0.116. The van der Waals surface area contributed by atoms with Crippen LogP contribution in [0, 0.1) is 0 Å². The number of para-hydroxylation sites is 1. The Morgan fingerprint density at radius 2 is 1.63 bits per heavy atom. The number of benzene rings is 2. The molecule has 4 rings (SSSR count). The van der Waals surface area contributed by atoms with Crippen molar-refractivity contribution in [2.24, 2.45) is 0 Å². The number of carbonyl (C=O) groups excluding carboxylic acids is 3. The van der Waals surface area contributed by atoms with Crippen LogP contribution in [0.4, 0.5) is 5.82 Å². The number of anilines is 1. The highest BCUT2D eigenvalue weighted by atomic mass is 16.5. The number of rotatable bonds is 8. The van der Waals surface area contributed by atoms with Crippen molar-refractivity contribution in [3.05, 3.63) is 109 Å². The van der Waals surface area contributed by atoms with Gasteiger partial charge in [-0.05, 0) is 17.7 Å². The van der Waals surface area contributed by atoms with Crippen LogP contribution in [0.5, 0.6) is 0 Å². The van der Waals surface area contributed by atoms with Crippen molar-refractivity contribution in [1.82, 2.24) is 9.13 Å². The van der Waals surface area contributed by atoms with E-state index in [1.54, 1.807) is 42.5 Å². The summed E-state index contributed by atoms with van der Waals surface area (Å²) in [7, 11) is 1.07. The lowest BCUT2D eigenvalue weighted by molar-refractivity contribution is -0.141. The number of carbonyl (C=O) groups is 3. The first kappa shape index (κ1) is 25.8. The summed E-state index contributed by atoms with van der Waals surface area (Å²) in [4.78, 5) is 75.8. The summed E-state index contributed by atoms with van der Waals surface area (Å²) < 4.78 is 16.4. The number of hydrogen-bond acceptors (Lipinski definition) is 10. The number of aromatic nitrogens is 2. The van der Waals surface area contributed by atoms with Gasteiger partial charge in [0.2, 0.25) is 11.5 Å². The fourth-order valence-corrected chi connectivity index (χ4v) is 3.71. The van der Waals surface area contributed by atoms with E-state index in [0.29, 0.717) is 10.1 Å². The van der Waals surface area contributed by atoms with E-state index in [0.717, 1.165) is 17.7 Å². The molecule has 0 radical (unpaired) electrons. The van der Waals surface area contributed by atoms with Gasteiger partial charge in [-0.15, -0.1) is 0 Å². The van der Waals surface area contributed by atoms with Gasteiger partial charge in [-0.1, -0.05) is 42.5 Å². The molecule has 0 atom stereocenters. The Bertz CT molecular complexity index is 1730. The van der Waals surface area contributed by atoms with Gasteiger partial charge >= 0.3 is 17.6 Å². The summed E-state index contributed by atoms with van der Waals surface area (Å²) >= 11 is 0. The molecule has 0 saturated carbocycles. The Balaban J connectivity index is 1.68. The minimum Gasteiger partial charge on any atom is -0.468 e. The SMILES string of the molecule is COC(=O)Cn1c(=O)c(C(=O)COC(=O)c2cc(=O)c3ccccc3o2)c(N)n(Cc2ccccc2)c1=O. The second-order valence-corrected chi connectivity index (χ2v) is 8.05. The first-order chi connectivity index (χ1) is 18.2. The first-order valence-electron chi connectivity index (χ1n) is 11.2. The average molecular weight is 519 g/mol. The van der Waals surface area contributed by atoms with Crippen molar-refractivity contribution in [2.75, 3.05) is 19.5 Å². The second kappa shape index (κ2) is 10.8. The molecule has 0 amide bonds. The molecule has 0 aliphatic carbocycles. The third kappa shape index (κ3) is 5.14. The molecular weight excluding hydrogens is 498 g/mol. The van der Waals surface area contributed by atoms with Gasteiger partial charge < -0.3 is 19.6 Å². The molecule has 0 unspecified atom stereocenters. The maximum absolute atomic E-state index is 13.1. The average Bonchev–Trinajstić information content (AvgIpc) is 2.92. The van der Waals surface area contributed by atoms with E-state index in [4.69, 9.17) is 14.9 Å². The van der Waals surface area contributed by atoms with Crippen molar-refractivity contribution in [2.45, 2.75) is 13.1 Å². The van der Waals surface area contributed by atoms with Crippen LogP contribution in [-0.4, -0.2) is 40.6 Å². The number of methoxy groups -OCH3 is 1. The quantitative estimate of drug-likeness (QED) is 0.261. The van der Waals surface area contributed by atoms with Crippen LogP contribution in [0.3, 0.4) is 0 Å². The molecule has 0 aliphatic rings. The molecule has 2 heterocycles. The molecule has 12 nitrogen and oxygen atoms in total. The lowest BCUT2D eigenvalue weighted by Crippen LogP contribution is -2.46. The largest absolute Gasteiger partial charge is 0.468 e. The molecule has 0 spiro atoms. The van der Waals surface area contributed by atoms with E-state index < -0.39 is 64.7 Å². The number of nitrogens with zero attached hydrogens (tertiary/aromatic N) is 2. The molecular formula is C26H21N3O9. The van der Waals surface area contributed by atoms with Crippen LogP contribution in [0.2, 0.25) is 0 Å². The Labute approximate surface area is 213 Å². The van der Waals surface area contributed by atoms with E-state index in [1.807, 2.05) is 0 Å². The van der Waals surface area contributed by atoms with E-state index in [9.17, 15) is 28.8 Å². The van der Waals surface area contributed by atoms with Gasteiger partial charge in [-0.2, -0.15) is 0 Å². The summed E-state index contributed by atoms with van der Waals surface area (Å²) in [6, 6.07) is 15.8. The number of ether oxygens (including phenoxy) is 2. The molecule has 0 saturated heterocycles. The minimum atomic E-state index is -1.15. The van der Waals surface area contributed by atoms with Gasteiger partial charge in [0, 0.05) is 6.07 Å². The number of hydrogen-bond donors (Lipinski definition) is 1. The normalized spacial score (nSPS) is 10.8. The first-order valence-corrected chi connectivity index (χ1v) is 11.2. The van der Waals surface area contributed by atoms with Crippen molar-refractivity contribution in [3.63, 3.8) is 0 Å². The van der Waals surface area contributed by atoms with Gasteiger partial charge in [0.1, 0.15) is 23.5 Å². The third-order valence-corrected chi connectivity index (χ3v) is 5.62. The Hall–Kier alpha value is -5.26. The number of ketones is 1. The van der Waals surface area contributed by atoms with E-state index in [1.165, 1.54) is 12.1 Å². The zero-order chi connectivity index (χ0) is 27.4. The number of esters is 2. The number of Topliss-reactive ketones (excluding diaryl/α,β-unsaturated/α-hetero) is 1. The number of nitrogens with two attached hydrogens (primary N) is 1. The summed E-state index contributed by atoms with van der Waals surface area (Å²) in [5.41, 5.74) is 3.61. The fourth-order valence-electron chi connectivity index (χ4n) is 3.71. The maximum atomic E-state index is 13.1. The molecule has 194 valence electrons. The molecule has 2 aromatic heterocycles. The van der Waals surface area contributed by atoms with Crippen molar-refractivity contribution < 1.29 is 28.3 Å². The third-order valence-electron chi connectivity index (χ3n) is 5.62. The summed E-state index contributed by atoms with van der Waals surface area (Å²) in [6.07, 6.45) is 0. The fraction of sp³-hybridized carbons (Fsp3) is 0.154. The van der Waals surface area contributed by atoms with E-state index in [-0.39, 0.29) is 17.5 Å². The van der Waals surface area contributed by atoms with Crippen LogP contribution in [0.25, 0.3) is 11.0 Å². The standard InChI is InChI=1S/C26H21N3O9/c1-36-21(32)13-29-24(33)22(23(27)28(26(29)35)12-15-7-3-2-4-8-15)18(31)14-37-25(34)20-11-17(30)16-9-5-6-10-19(16)38-20/h2-11H,12-14,27H2,1H3. The molecule has 0 aliphatic heterocycles. The number of nitrogen functional groups attached to an aromatic ring is 1. The van der Waals surface area contributed by atoms with E-state index in [2.05, 4.69) is 4.74 Å². The molecule has 0 bridgehead atoms. The molecule has 38 heavy (non-hydrogen) atoms. The Morgan fingerprint density at radius 1 is 0.947 bits per heavy atom. The lowest BCUT2D eigenvalue weighted by atomic mass is 10.1. The van der Waals surface area contributed by atoms with Gasteiger partial charge in [0.05, 0.1) is 19.0 Å². The van der Waals surface area contributed by atoms with Crippen LogP contribution >= 0.6 is 0 Å². The Kier molecular flexibility index (Phi) is 7.33. The van der Waals surface area contributed by atoms with Crippen LogP contribution < -0.4 is 22.4 Å². The maximum Gasteiger partial charge on any atom is 0.374 e. The predicted molar refractivity (Wildman–Crippen MR) is 134 cm³/mol. The molecule has 0 fully saturated rings. The van der Waals surface area contributed by atoms with Gasteiger partial charge in [0.15, 0.2) is 12.0 Å². The lowest BCUT2D eigenvalue weighted by Gasteiger charge is -2.16. The Morgan fingerprint density at radius 3 is 2.34 bits per heavy atom. The van der Waals surface area contributed by atoms with Gasteiger partial charge in [-0.25, -0.2) is 14.2 Å². The van der Waals surface area contributed by atoms with Crippen molar-refractivity contribution >= 4 is 34.5 Å². The molecule has 12 heteroatoms. The summed E-state index contributed by atoms with van der Waals surface area (Å²) in [6.45, 7) is -1.85. The van der Waals surface area contributed by atoms with E-state index >= 15 is 0 Å². The number of fused-ring (bicyclic) bond motifs is 1. The smallest absolute Gasteiger partial charge is 0.374 e. The highest BCUT2D eigenvalue weighted by Crippen LogP contribution is 2.14. The topological polar surface area (TPSA) is 170 Å². The summed E-state index contributed by atoms with van der Waals surface area (Å²) in [5.74, 6) is -4.00. The zero-order valence-corrected chi connectivity index (χ0v) is 20.0. The van der Waals surface area contributed by atoms with Crippen molar-refractivity contribution in [1.29, 1.82) is 0 Å². The summed E-state index contributed by atoms with van der Waals surface area (Å²) in [5, 5.41) is 0.250. The molecule has 2 aromatic carbocycles. The van der Waals surface area contributed by atoms with Crippen LogP contribution in [0.15, 0.2) is 79.5 Å². The van der Waals surface area contributed by atoms with Crippen molar-refractivity contribution in [3.8, 4) is 0 Å². The van der Waals surface area contributed by atoms with Crippen LogP contribution in [-0.2, 0) is 27.4 Å².